The van der Waals surface area contributed by atoms with Crippen molar-refractivity contribution in [2.24, 2.45) is 7.05 Å². The fraction of sp³-hybridized carbons (Fsp3) is 0.154. The minimum absolute atomic E-state index is 0.0324. The average molecular weight is 228 g/mol. The van der Waals surface area contributed by atoms with Crippen LogP contribution >= 0.6 is 0 Å². The monoisotopic (exact) mass is 228 g/mol. The fourth-order valence-electron chi connectivity index (χ4n) is 1.53. The molecule has 86 valence electrons. The zero-order chi connectivity index (χ0) is 12.4. The van der Waals surface area contributed by atoms with Crippen LogP contribution in [0.5, 0.6) is 0 Å². The Morgan fingerprint density at radius 1 is 1.12 bits per heavy atom. The van der Waals surface area contributed by atoms with Gasteiger partial charge in [0.25, 0.3) is 5.56 Å². The van der Waals surface area contributed by atoms with E-state index in [0.717, 1.165) is 5.56 Å². The van der Waals surface area contributed by atoms with Gasteiger partial charge in [0.2, 0.25) is 0 Å². The van der Waals surface area contributed by atoms with Crippen LogP contribution in [-0.4, -0.2) is 15.6 Å². The maximum atomic E-state index is 11.2. The zero-order valence-corrected chi connectivity index (χ0v) is 9.68. The van der Waals surface area contributed by atoms with E-state index in [1.54, 1.807) is 25.2 Å². The molecule has 0 fully saturated rings. The first-order chi connectivity index (χ1) is 8.08. The third-order valence-corrected chi connectivity index (χ3v) is 2.55. The number of hydrogen-bond acceptors (Lipinski definition) is 3. The minimum atomic E-state index is -0.144. The van der Waals surface area contributed by atoms with E-state index in [4.69, 9.17) is 0 Å². The molecule has 1 aromatic carbocycles. The smallest absolute Gasteiger partial charge is 0.266 e. The van der Waals surface area contributed by atoms with Gasteiger partial charge in [-0.1, -0.05) is 24.3 Å². The molecule has 0 unspecified atom stereocenters. The van der Waals surface area contributed by atoms with Crippen molar-refractivity contribution in [2.75, 3.05) is 0 Å². The van der Waals surface area contributed by atoms with Gasteiger partial charge in [-0.15, -0.1) is 0 Å². The van der Waals surface area contributed by atoms with Crippen molar-refractivity contribution in [2.45, 2.75) is 6.92 Å². The Morgan fingerprint density at radius 3 is 2.29 bits per heavy atom. The molecule has 0 radical (unpaired) electrons. The van der Waals surface area contributed by atoms with Crippen molar-refractivity contribution in [3.8, 4) is 11.3 Å². The number of benzene rings is 1. The topological polar surface area (TPSA) is 52.0 Å². The van der Waals surface area contributed by atoms with Crippen molar-refractivity contribution >= 4 is 5.78 Å². The van der Waals surface area contributed by atoms with Crippen LogP contribution in [0.25, 0.3) is 11.3 Å². The molecule has 0 aliphatic rings. The fourth-order valence-corrected chi connectivity index (χ4v) is 1.53. The van der Waals surface area contributed by atoms with Crippen molar-refractivity contribution < 1.29 is 4.79 Å². The summed E-state index contributed by atoms with van der Waals surface area (Å²) in [4.78, 5) is 22.3. The summed E-state index contributed by atoms with van der Waals surface area (Å²) in [7, 11) is 1.61. The highest BCUT2D eigenvalue weighted by atomic mass is 16.1. The van der Waals surface area contributed by atoms with Gasteiger partial charge in [-0.3, -0.25) is 9.59 Å². The first-order valence-electron chi connectivity index (χ1n) is 5.23. The maximum Gasteiger partial charge on any atom is 0.266 e. The number of aromatic nitrogens is 2. The van der Waals surface area contributed by atoms with Gasteiger partial charge in [-0.2, -0.15) is 5.10 Å². The van der Waals surface area contributed by atoms with Crippen LogP contribution in [0, 0.1) is 0 Å². The van der Waals surface area contributed by atoms with E-state index in [9.17, 15) is 9.59 Å². The summed E-state index contributed by atoms with van der Waals surface area (Å²) in [6, 6.07) is 10.3. The molecule has 0 spiro atoms. The van der Waals surface area contributed by atoms with E-state index in [-0.39, 0.29) is 11.3 Å². The summed E-state index contributed by atoms with van der Waals surface area (Å²) in [6.45, 7) is 1.53. The van der Waals surface area contributed by atoms with E-state index in [1.807, 2.05) is 12.1 Å². The third kappa shape index (κ3) is 2.30. The molecule has 1 heterocycles. The molecule has 0 saturated heterocycles. The van der Waals surface area contributed by atoms with Crippen LogP contribution in [0.4, 0.5) is 0 Å². The molecule has 0 amide bonds. The lowest BCUT2D eigenvalue weighted by atomic mass is 10.1. The SMILES string of the molecule is CC(=O)c1ccc(-c2ccc(=O)n(C)n2)cc1. The zero-order valence-electron chi connectivity index (χ0n) is 9.68. The summed E-state index contributed by atoms with van der Waals surface area (Å²) in [5, 5.41) is 4.14. The van der Waals surface area contributed by atoms with Crippen LogP contribution in [-0.2, 0) is 7.05 Å². The third-order valence-electron chi connectivity index (χ3n) is 2.55. The maximum absolute atomic E-state index is 11.2. The highest BCUT2D eigenvalue weighted by Gasteiger charge is 2.03. The second kappa shape index (κ2) is 4.33. The number of aryl methyl sites for hydroxylation is 1. The molecule has 0 saturated carbocycles. The summed E-state index contributed by atoms with van der Waals surface area (Å²) < 4.78 is 1.29. The molecule has 4 heteroatoms. The normalized spacial score (nSPS) is 10.2. The first kappa shape index (κ1) is 11.3. The molecular formula is C13H12N2O2. The number of hydrogen-bond donors (Lipinski definition) is 0. The van der Waals surface area contributed by atoms with Crippen LogP contribution in [0.15, 0.2) is 41.2 Å². The summed E-state index contributed by atoms with van der Waals surface area (Å²) >= 11 is 0. The Kier molecular flexibility index (Phi) is 2.87. The average Bonchev–Trinajstić information content (AvgIpc) is 2.33. The molecule has 1 aromatic heterocycles. The second-order valence-electron chi connectivity index (χ2n) is 3.81. The van der Waals surface area contributed by atoms with Gasteiger partial charge in [-0.05, 0) is 13.0 Å². The number of carbonyl (C=O) groups excluding carboxylic acids is 1. The summed E-state index contributed by atoms with van der Waals surface area (Å²) in [5.41, 5.74) is 2.11. The first-order valence-corrected chi connectivity index (χ1v) is 5.23. The van der Waals surface area contributed by atoms with E-state index >= 15 is 0 Å². The van der Waals surface area contributed by atoms with E-state index in [0.29, 0.717) is 11.3 Å². The van der Waals surface area contributed by atoms with Gasteiger partial charge in [0.1, 0.15) is 0 Å². The van der Waals surface area contributed by atoms with Crippen molar-refractivity contribution in [3.63, 3.8) is 0 Å². The number of carbonyl (C=O) groups is 1. The van der Waals surface area contributed by atoms with Crippen molar-refractivity contribution in [3.05, 3.63) is 52.3 Å². The minimum Gasteiger partial charge on any atom is -0.295 e. The molecule has 0 bridgehead atoms. The van der Waals surface area contributed by atoms with Crippen molar-refractivity contribution in [1.29, 1.82) is 0 Å². The van der Waals surface area contributed by atoms with Crippen LogP contribution in [0.1, 0.15) is 17.3 Å². The van der Waals surface area contributed by atoms with Gasteiger partial charge < -0.3 is 0 Å². The molecule has 17 heavy (non-hydrogen) atoms. The lowest BCUT2D eigenvalue weighted by Gasteiger charge is -2.03. The molecule has 0 atom stereocenters. The summed E-state index contributed by atoms with van der Waals surface area (Å²) in [5.74, 6) is 0.0324. The second-order valence-corrected chi connectivity index (χ2v) is 3.81. The van der Waals surface area contributed by atoms with Gasteiger partial charge in [0.15, 0.2) is 5.78 Å². The van der Waals surface area contributed by atoms with Gasteiger partial charge in [0.05, 0.1) is 5.69 Å². The van der Waals surface area contributed by atoms with Gasteiger partial charge in [-0.25, -0.2) is 4.68 Å². The molecule has 0 aliphatic carbocycles. The predicted molar refractivity (Wildman–Crippen MR) is 64.9 cm³/mol. The Hall–Kier alpha value is -2.23. The Balaban J connectivity index is 2.43. The molecular weight excluding hydrogens is 216 g/mol. The van der Waals surface area contributed by atoms with E-state index < -0.39 is 0 Å². The van der Waals surface area contributed by atoms with E-state index in [2.05, 4.69) is 5.10 Å². The predicted octanol–water partition coefficient (Wildman–Crippen LogP) is 1.65. The molecule has 0 aliphatic heterocycles. The largest absolute Gasteiger partial charge is 0.295 e. The number of Topliss-reactive ketones (excluding diaryl/α,β-unsaturated/α-hetero) is 1. The highest BCUT2D eigenvalue weighted by Crippen LogP contribution is 2.16. The lowest BCUT2D eigenvalue weighted by Crippen LogP contribution is -2.18. The van der Waals surface area contributed by atoms with Crippen LogP contribution in [0.3, 0.4) is 0 Å². The molecule has 2 aromatic rings. The number of ketones is 1. The lowest BCUT2D eigenvalue weighted by molar-refractivity contribution is 0.101. The Bertz CT molecular complexity index is 612. The van der Waals surface area contributed by atoms with Crippen LogP contribution < -0.4 is 5.56 Å². The molecule has 4 nitrogen and oxygen atoms in total. The van der Waals surface area contributed by atoms with Crippen molar-refractivity contribution in [1.82, 2.24) is 9.78 Å². The Labute approximate surface area is 98.5 Å². The van der Waals surface area contributed by atoms with Crippen LogP contribution in [0.2, 0.25) is 0 Å². The number of nitrogens with zero attached hydrogens (tertiary/aromatic N) is 2. The van der Waals surface area contributed by atoms with Gasteiger partial charge >= 0.3 is 0 Å². The van der Waals surface area contributed by atoms with Gasteiger partial charge in [0, 0.05) is 24.2 Å². The Morgan fingerprint density at radius 2 is 1.76 bits per heavy atom. The standard InChI is InChI=1S/C13H12N2O2/c1-9(16)10-3-5-11(6-4-10)12-7-8-13(17)15(2)14-12/h3-8H,1-2H3. The van der Waals surface area contributed by atoms with E-state index in [1.165, 1.54) is 17.7 Å². The quantitative estimate of drug-likeness (QED) is 0.734. The molecule has 2 rings (SSSR count). The highest BCUT2D eigenvalue weighted by molar-refractivity contribution is 5.94. The summed E-state index contributed by atoms with van der Waals surface area (Å²) in [6.07, 6.45) is 0. The number of rotatable bonds is 2. The molecule has 0 N–H and O–H groups in total.